The van der Waals surface area contributed by atoms with Crippen LogP contribution in [0.4, 0.5) is 0 Å². The van der Waals surface area contributed by atoms with Crippen LogP contribution >= 0.6 is 0 Å². The SMILES string of the molecule is C/C(=N\O)C(=O)CCCCCCN(C)C. The number of nitrogens with zero attached hydrogens (tertiary/aromatic N) is 2. The van der Waals surface area contributed by atoms with Gasteiger partial charge in [0.15, 0.2) is 5.78 Å². The Bertz CT molecular complexity index is 213. The molecule has 0 amide bonds. The van der Waals surface area contributed by atoms with Crippen molar-refractivity contribution in [1.82, 2.24) is 4.90 Å². The van der Waals surface area contributed by atoms with Gasteiger partial charge in [-0.2, -0.15) is 0 Å². The summed E-state index contributed by atoms with van der Waals surface area (Å²) < 4.78 is 0. The van der Waals surface area contributed by atoms with E-state index in [1.165, 1.54) is 13.3 Å². The summed E-state index contributed by atoms with van der Waals surface area (Å²) in [5.74, 6) is -0.0508. The van der Waals surface area contributed by atoms with Gasteiger partial charge < -0.3 is 10.1 Å². The van der Waals surface area contributed by atoms with Gasteiger partial charge in [0.2, 0.25) is 0 Å². The number of Topliss-reactive ketones (excluding diaryl/α,β-unsaturated/α-hetero) is 1. The summed E-state index contributed by atoms with van der Waals surface area (Å²) in [6, 6.07) is 0. The van der Waals surface area contributed by atoms with E-state index in [0.717, 1.165) is 25.8 Å². The minimum absolute atomic E-state index is 0.0508. The summed E-state index contributed by atoms with van der Waals surface area (Å²) in [5, 5.41) is 11.3. The summed E-state index contributed by atoms with van der Waals surface area (Å²) >= 11 is 0. The van der Waals surface area contributed by atoms with Crippen molar-refractivity contribution >= 4 is 11.5 Å². The summed E-state index contributed by atoms with van der Waals surface area (Å²) in [6.45, 7) is 2.64. The Balaban J connectivity index is 3.35. The van der Waals surface area contributed by atoms with E-state index in [-0.39, 0.29) is 11.5 Å². The molecule has 1 N–H and O–H groups in total. The molecule has 0 bridgehead atoms. The third kappa shape index (κ3) is 8.12. The van der Waals surface area contributed by atoms with Crippen LogP contribution in [0.1, 0.15) is 39.0 Å². The molecule has 0 unspecified atom stereocenters. The van der Waals surface area contributed by atoms with Crippen LogP contribution in [-0.2, 0) is 4.79 Å². The molecule has 15 heavy (non-hydrogen) atoms. The van der Waals surface area contributed by atoms with Crippen molar-refractivity contribution in [1.29, 1.82) is 0 Å². The first-order valence-corrected chi connectivity index (χ1v) is 5.44. The fraction of sp³-hybridized carbons (Fsp3) is 0.818. The lowest BCUT2D eigenvalue weighted by Gasteiger charge is -2.08. The molecule has 0 radical (unpaired) electrons. The number of unbranched alkanes of at least 4 members (excludes halogenated alkanes) is 3. The number of carbonyl (C=O) groups is 1. The molecule has 0 spiro atoms. The van der Waals surface area contributed by atoms with E-state index < -0.39 is 0 Å². The Morgan fingerprint density at radius 3 is 2.33 bits per heavy atom. The molecule has 0 aliphatic rings. The fourth-order valence-electron chi connectivity index (χ4n) is 1.30. The lowest BCUT2D eigenvalue weighted by Crippen LogP contribution is -2.12. The van der Waals surface area contributed by atoms with Gasteiger partial charge in [-0.1, -0.05) is 18.0 Å². The molecule has 0 atom stereocenters. The molecule has 4 nitrogen and oxygen atoms in total. The maximum Gasteiger partial charge on any atom is 0.180 e. The smallest absolute Gasteiger partial charge is 0.180 e. The normalized spacial score (nSPS) is 12.1. The van der Waals surface area contributed by atoms with Gasteiger partial charge in [0.1, 0.15) is 5.71 Å². The van der Waals surface area contributed by atoms with Crippen LogP contribution in [0, 0.1) is 0 Å². The van der Waals surface area contributed by atoms with Crippen molar-refractivity contribution < 1.29 is 10.0 Å². The van der Waals surface area contributed by atoms with E-state index in [1.54, 1.807) is 0 Å². The number of rotatable bonds is 8. The lowest BCUT2D eigenvalue weighted by molar-refractivity contribution is -0.113. The molecule has 0 aromatic carbocycles. The predicted octanol–water partition coefficient (Wildman–Crippen LogP) is 1.92. The summed E-state index contributed by atoms with van der Waals surface area (Å²) in [7, 11) is 4.12. The van der Waals surface area contributed by atoms with Crippen LogP contribution < -0.4 is 0 Å². The van der Waals surface area contributed by atoms with E-state index in [2.05, 4.69) is 24.2 Å². The summed E-state index contributed by atoms with van der Waals surface area (Å²) in [4.78, 5) is 13.4. The highest BCUT2D eigenvalue weighted by Crippen LogP contribution is 2.04. The van der Waals surface area contributed by atoms with Gasteiger partial charge in [-0.25, -0.2) is 0 Å². The Morgan fingerprint density at radius 2 is 1.80 bits per heavy atom. The maximum absolute atomic E-state index is 11.2. The Kier molecular flexibility index (Phi) is 7.91. The second-order valence-electron chi connectivity index (χ2n) is 4.08. The van der Waals surface area contributed by atoms with Crippen LogP contribution in [0.15, 0.2) is 5.16 Å². The first-order valence-electron chi connectivity index (χ1n) is 5.44. The zero-order chi connectivity index (χ0) is 11.7. The average molecular weight is 214 g/mol. The van der Waals surface area contributed by atoms with Crippen molar-refractivity contribution in [3.8, 4) is 0 Å². The number of oxime groups is 1. The molecule has 88 valence electrons. The monoisotopic (exact) mass is 214 g/mol. The van der Waals surface area contributed by atoms with Gasteiger partial charge in [0.25, 0.3) is 0 Å². The van der Waals surface area contributed by atoms with Crippen molar-refractivity contribution in [2.45, 2.75) is 39.0 Å². The second-order valence-corrected chi connectivity index (χ2v) is 4.08. The largest absolute Gasteiger partial charge is 0.411 e. The zero-order valence-corrected chi connectivity index (χ0v) is 9.99. The van der Waals surface area contributed by atoms with Crippen molar-refractivity contribution in [3.63, 3.8) is 0 Å². The quantitative estimate of drug-likeness (QED) is 0.291. The third-order valence-corrected chi connectivity index (χ3v) is 2.31. The molecule has 0 aliphatic carbocycles. The van der Waals surface area contributed by atoms with E-state index in [9.17, 15) is 4.79 Å². The van der Waals surface area contributed by atoms with Gasteiger partial charge in [-0.05, 0) is 40.4 Å². The van der Waals surface area contributed by atoms with Crippen LogP contribution in [0.2, 0.25) is 0 Å². The number of carbonyl (C=O) groups excluding carboxylic acids is 1. The van der Waals surface area contributed by atoms with Gasteiger partial charge in [0.05, 0.1) is 0 Å². The second kappa shape index (κ2) is 8.41. The van der Waals surface area contributed by atoms with Crippen LogP contribution in [0.3, 0.4) is 0 Å². The lowest BCUT2D eigenvalue weighted by atomic mass is 10.1. The highest BCUT2D eigenvalue weighted by molar-refractivity contribution is 6.38. The van der Waals surface area contributed by atoms with Gasteiger partial charge in [-0.15, -0.1) is 0 Å². The van der Waals surface area contributed by atoms with E-state index in [1.807, 2.05) is 0 Å². The van der Waals surface area contributed by atoms with Crippen LogP contribution in [-0.4, -0.2) is 42.2 Å². The molecule has 0 aliphatic heterocycles. The van der Waals surface area contributed by atoms with Crippen LogP contribution in [0.25, 0.3) is 0 Å². The van der Waals surface area contributed by atoms with Crippen molar-refractivity contribution in [2.24, 2.45) is 5.16 Å². The van der Waals surface area contributed by atoms with Gasteiger partial charge >= 0.3 is 0 Å². The molecule has 0 saturated heterocycles. The topological polar surface area (TPSA) is 52.9 Å². The number of hydrogen-bond donors (Lipinski definition) is 1. The predicted molar refractivity (Wildman–Crippen MR) is 61.5 cm³/mol. The molecule has 0 rings (SSSR count). The Labute approximate surface area is 92.0 Å². The minimum Gasteiger partial charge on any atom is -0.411 e. The highest BCUT2D eigenvalue weighted by Gasteiger charge is 2.05. The van der Waals surface area contributed by atoms with Gasteiger partial charge in [-0.3, -0.25) is 4.79 Å². The summed E-state index contributed by atoms with van der Waals surface area (Å²) in [6.07, 6.45) is 4.78. The van der Waals surface area contributed by atoms with Crippen molar-refractivity contribution in [3.05, 3.63) is 0 Å². The number of ketones is 1. The van der Waals surface area contributed by atoms with Crippen LogP contribution in [0.5, 0.6) is 0 Å². The molecule has 4 heteroatoms. The molecule has 0 fully saturated rings. The van der Waals surface area contributed by atoms with E-state index in [4.69, 9.17) is 5.21 Å². The first kappa shape index (κ1) is 14.1. The molecule has 0 heterocycles. The van der Waals surface area contributed by atoms with Crippen molar-refractivity contribution in [2.75, 3.05) is 20.6 Å². The molecule has 0 aromatic rings. The summed E-state index contributed by atoms with van der Waals surface area (Å²) in [5.41, 5.74) is 0.211. The molecule has 0 saturated carbocycles. The van der Waals surface area contributed by atoms with E-state index in [0.29, 0.717) is 6.42 Å². The maximum atomic E-state index is 11.2. The number of hydrogen-bond acceptors (Lipinski definition) is 4. The average Bonchev–Trinajstić information content (AvgIpc) is 2.21. The Morgan fingerprint density at radius 1 is 1.20 bits per heavy atom. The van der Waals surface area contributed by atoms with Gasteiger partial charge in [0, 0.05) is 6.42 Å². The highest BCUT2D eigenvalue weighted by atomic mass is 16.4. The zero-order valence-electron chi connectivity index (χ0n) is 9.99. The molecular formula is C11H22N2O2. The third-order valence-electron chi connectivity index (χ3n) is 2.31. The standard InChI is InChI=1S/C11H22N2O2/c1-10(12-15)11(14)8-6-4-5-7-9-13(2)3/h15H,4-9H2,1-3H3/b12-10+. The molecular weight excluding hydrogens is 192 g/mol. The first-order chi connectivity index (χ1) is 7.07. The molecule has 0 aromatic heterocycles. The fourth-order valence-corrected chi connectivity index (χ4v) is 1.30. The minimum atomic E-state index is -0.0508. The van der Waals surface area contributed by atoms with E-state index >= 15 is 0 Å². The Hall–Kier alpha value is -0.900.